The zero-order valence-corrected chi connectivity index (χ0v) is 14.2. The van der Waals surface area contributed by atoms with Gasteiger partial charge in [-0.15, -0.1) is 0 Å². The molecule has 0 aliphatic carbocycles. The number of hydrogen-bond donors (Lipinski definition) is 2. The van der Waals surface area contributed by atoms with Crippen LogP contribution in [0.5, 0.6) is 0 Å². The lowest BCUT2D eigenvalue weighted by molar-refractivity contribution is -0.132. The highest BCUT2D eigenvalue weighted by atomic mass is 16.3. The predicted octanol–water partition coefficient (Wildman–Crippen LogP) is 1.27. The maximum Gasteiger partial charge on any atom is 0.254 e. The van der Waals surface area contributed by atoms with Crippen LogP contribution in [0, 0.1) is 18.8 Å². The van der Waals surface area contributed by atoms with Crippen molar-refractivity contribution in [3.8, 4) is 0 Å². The number of aromatic nitrogens is 2. The summed E-state index contributed by atoms with van der Waals surface area (Å²) in [6.45, 7) is 7.22. The van der Waals surface area contributed by atoms with Crippen LogP contribution in [0.2, 0.25) is 0 Å². The van der Waals surface area contributed by atoms with E-state index in [1.165, 1.54) is 6.20 Å². The first-order chi connectivity index (χ1) is 10.9. The molecule has 1 aromatic rings. The monoisotopic (exact) mass is 321 g/mol. The first kappa shape index (κ1) is 17.7. The number of carbonyl (C=O) groups is 1. The number of aliphatic hydroxyl groups is 1. The summed E-state index contributed by atoms with van der Waals surface area (Å²) >= 11 is 0. The number of nitrogens with zero attached hydrogens (tertiary/aromatic N) is 2. The van der Waals surface area contributed by atoms with Crippen LogP contribution in [0.15, 0.2) is 11.0 Å². The van der Waals surface area contributed by atoms with Crippen LogP contribution in [-0.2, 0) is 11.2 Å². The molecule has 1 aliphatic heterocycles. The molecule has 0 bridgehead atoms. The Balaban J connectivity index is 1.87. The normalized spacial score (nSPS) is 17.5. The summed E-state index contributed by atoms with van der Waals surface area (Å²) in [5.41, 5.74) is 0.163. The third kappa shape index (κ3) is 4.89. The fourth-order valence-corrected chi connectivity index (χ4v) is 3.12. The van der Waals surface area contributed by atoms with E-state index in [-0.39, 0.29) is 29.9 Å². The number of likely N-dealkylation sites (tertiary alicyclic amines) is 1. The van der Waals surface area contributed by atoms with E-state index in [0.29, 0.717) is 30.4 Å². The highest BCUT2D eigenvalue weighted by molar-refractivity contribution is 5.78. The van der Waals surface area contributed by atoms with E-state index in [1.807, 2.05) is 0 Å². The summed E-state index contributed by atoms with van der Waals surface area (Å²) in [4.78, 5) is 32.6. The van der Waals surface area contributed by atoms with E-state index in [4.69, 9.17) is 0 Å². The van der Waals surface area contributed by atoms with Gasteiger partial charge in [0.2, 0.25) is 5.91 Å². The molecule has 6 heteroatoms. The van der Waals surface area contributed by atoms with Crippen molar-refractivity contribution in [1.29, 1.82) is 0 Å². The van der Waals surface area contributed by atoms with E-state index >= 15 is 0 Å². The SMILES string of the molecule is Cc1ncc(CC(=O)N2CCC(C(O)CC(C)C)CC2)c(=O)[nH]1. The van der Waals surface area contributed by atoms with E-state index < -0.39 is 0 Å². The highest BCUT2D eigenvalue weighted by Gasteiger charge is 2.28. The molecular formula is C17H27N3O3. The Labute approximate surface area is 136 Å². The standard InChI is InChI=1S/C17H27N3O3/c1-11(2)8-15(21)13-4-6-20(7-5-13)16(22)9-14-10-18-12(3)19-17(14)23/h10-11,13,15,21H,4-9H2,1-3H3,(H,18,19,23). The highest BCUT2D eigenvalue weighted by Crippen LogP contribution is 2.24. The lowest BCUT2D eigenvalue weighted by Gasteiger charge is -2.34. The van der Waals surface area contributed by atoms with E-state index in [2.05, 4.69) is 23.8 Å². The van der Waals surface area contributed by atoms with E-state index in [0.717, 1.165) is 19.3 Å². The molecule has 6 nitrogen and oxygen atoms in total. The molecule has 0 saturated carbocycles. The molecule has 0 radical (unpaired) electrons. The minimum Gasteiger partial charge on any atom is -0.393 e. The van der Waals surface area contributed by atoms with Gasteiger partial charge in [-0.2, -0.15) is 0 Å². The average molecular weight is 321 g/mol. The molecule has 0 aromatic carbocycles. The molecule has 1 saturated heterocycles. The van der Waals surface area contributed by atoms with Gasteiger partial charge in [0.1, 0.15) is 5.82 Å². The number of amides is 1. The second-order valence-electron chi connectivity index (χ2n) is 6.91. The molecule has 2 rings (SSSR count). The summed E-state index contributed by atoms with van der Waals surface area (Å²) in [5, 5.41) is 10.2. The molecular weight excluding hydrogens is 294 g/mol. The van der Waals surface area contributed by atoms with Crippen LogP contribution in [0.25, 0.3) is 0 Å². The molecule has 1 aromatic heterocycles. The van der Waals surface area contributed by atoms with Crippen molar-refractivity contribution in [1.82, 2.24) is 14.9 Å². The number of piperidine rings is 1. The van der Waals surface area contributed by atoms with Crippen molar-refractivity contribution in [2.45, 2.75) is 52.6 Å². The maximum atomic E-state index is 12.3. The summed E-state index contributed by atoms with van der Waals surface area (Å²) < 4.78 is 0. The number of rotatable bonds is 5. The van der Waals surface area contributed by atoms with Gasteiger partial charge in [-0.1, -0.05) is 13.8 Å². The van der Waals surface area contributed by atoms with Gasteiger partial charge in [-0.3, -0.25) is 9.59 Å². The van der Waals surface area contributed by atoms with E-state index in [9.17, 15) is 14.7 Å². The Bertz CT molecular complexity index is 589. The first-order valence-electron chi connectivity index (χ1n) is 8.37. The van der Waals surface area contributed by atoms with E-state index in [1.54, 1.807) is 11.8 Å². The van der Waals surface area contributed by atoms with Crippen molar-refractivity contribution in [2.75, 3.05) is 13.1 Å². The van der Waals surface area contributed by atoms with Gasteiger partial charge in [-0.05, 0) is 38.0 Å². The topological polar surface area (TPSA) is 86.3 Å². The van der Waals surface area contributed by atoms with Crippen molar-refractivity contribution >= 4 is 5.91 Å². The van der Waals surface area contributed by atoms with Gasteiger partial charge in [0, 0.05) is 24.8 Å². The van der Waals surface area contributed by atoms with Crippen LogP contribution in [0.3, 0.4) is 0 Å². The number of aryl methyl sites for hydroxylation is 1. The summed E-state index contributed by atoms with van der Waals surface area (Å²) in [7, 11) is 0. The molecule has 1 fully saturated rings. The average Bonchev–Trinajstić information content (AvgIpc) is 2.49. The maximum absolute atomic E-state index is 12.3. The second kappa shape index (κ2) is 7.73. The minimum atomic E-state index is -0.281. The Morgan fingerprint density at radius 3 is 2.65 bits per heavy atom. The number of H-pyrrole nitrogens is 1. The molecule has 0 spiro atoms. The molecule has 2 N–H and O–H groups in total. The van der Waals surface area contributed by atoms with Gasteiger partial charge in [0.15, 0.2) is 0 Å². The zero-order valence-electron chi connectivity index (χ0n) is 14.2. The Kier molecular flexibility index (Phi) is 5.93. The van der Waals surface area contributed by atoms with Crippen molar-refractivity contribution < 1.29 is 9.90 Å². The third-order valence-corrected chi connectivity index (χ3v) is 4.49. The third-order valence-electron chi connectivity index (χ3n) is 4.49. The summed E-state index contributed by atoms with van der Waals surface area (Å²) in [6.07, 6.45) is 3.73. The fraction of sp³-hybridized carbons (Fsp3) is 0.706. The molecule has 1 atom stereocenters. The van der Waals surface area contributed by atoms with Gasteiger partial charge < -0.3 is 15.0 Å². The minimum absolute atomic E-state index is 0.0436. The number of nitrogens with one attached hydrogen (secondary N) is 1. The van der Waals surface area contributed by atoms with Crippen molar-refractivity contribution in [3.05, 3.63) is 27.9 Å². The molecule has 2 heterocycles. The molecule has 23 heavy (non-hydrogen) atoms. The van der Waals surface area contributed by atoms with Crippen molar-refractivity contribution in [3.63, 3.8) is 0 Å². The number of aliphatic hydroxyl groups excluding tert-OH is 1. The predicted molar refractivity (Wildman–Crippen MR) is 88.1 cm³/mol. The Hall–Kier alpha value is -1.69. The zero-order chi connectivity index (χ0) is 17.0. The molecule has 1 amide bonds. The first-order valence-corrected chi connectivity index (χ1v) is 8.37. The molecule has 128 valence electrons. The van der Waals surface area contributed by atoms with Gasteiger partial charge in [0.05, 0.1) is 12.5 Å². The van der Waals surface area contributed by atoms with Gasteiger partial charge in [-0.25, -0.2) is 4.98 Å². The Morgan fingerprint density at radius 2 is 2.09 bits per heavy atom. The van der Waals surface area contributed by atoms with Crippen molar-refractivity contribution in [2.24, 2.45) is 11.8 Å². The number of hydrogen-bond acceptors (Lipinski definition) is 4. The van der Waals surface area contributed by atoms with Gasteiger partial charge >= 0.3 is 0 Å². The lowest BCUT2D eigenvalue weighted by atomic mass is 9.87. The summed E-state index contributed by atoms with van der Waals surface area (Å²) in [5.74, 6) is 1.25. The van der Waals surface area contributed by atoms with Crippen LogP contribution < -0.4 is 5.56 Å². The largest absolute Gasteiger partial charge is 0.393 e. The molecule has 1 unspecified atom stereocenters. The number of carbonyl (C=O) groups excluding carboxylic acids is 1. The smallest absolute Gasteiger partial charge is 0.254 e. The van der Waals surface area contributed by atoms with Gasteiger partial charge in [0.25, 0.3) is 5.56 Å². The van der Waals surface area contributed by atoms with Crippen LogP contribution in [0.4, 0.5) is 0 Å². The van der Waals surface area contributed by atoms with Crippen LogP contribution in [0.1, 0.15) is 44.5 Å². The number of aromatic amines is 1. The van der Waals surface area contributed by atoms with Crippen LogP contribution >= 0.6 is 0 Å². The lowest BCUT2D eigenvalue weighted by Crippen LogP contribution is -2.42. The summed E-state index contributed by atoms with van der Waals surface area (Å²) in [6, 6.07) is 0. The second-order valence-corrected chi connectivity index (χ2v) is 6.91. The van der Waals surface area contributed by atoms with Crippen LogP contribution in [-0.4, -0.2) is 45.1 Å². The Morgan fingerprint density at radius 1 is 1.43 bits per heavy atom. The quantitative estimate of drug-likeness (QED) is 0.855. The molecule has 1 aliphatic rings. The fourth-order valence-electron chi connectivity index (χ4n) is 3.12.